The van der Waals surface area contributed by atoms with Crippen molar-refractivity contribution in [1.82, 2.24) is 0 Å². The lowest BCUT2D eigenvalue weighted by molar-refractivity contribution is -0.458. The summed E-state index contributed by atoms with van der Waals surface area (Å²) < 4.78 is 2.13. The van der Waals surface area contributed by atoms with Gasteiger partial charge in [0.15, 0.2) is 6.21 Å². The summed E-state index contributed by atoms with van der Waals surface area (Å²) in [4.78, 5) is 0. The number of halogens is 1. The van der Waals surface area contributed by atoms with Crippen LogP contribution in [0.1, 0.15) is 87.8 Å². The zero-order valence-electron chi connectivity index (χ0n) is 16.8. The van der Waals surface area contributed by atoms with E-state index >= 15 is 0 Å². The first-order chi connectivity index (χ1) is 12.2. The molecule has 0 saturated heterocycles. The third-order valence-corrected chi connectivity index (χ3v) is 5.18. The molecule has 2 heteroatoms. The van der Waals surface area contributed by atoms with E-state index in [2.05, 4.69) is 65.9 Å². The normalized spacial score (nSPS) is 10.9. The molecule has 0 atom stereocenters. The maximum absolute atomic E-state index is 3.59. The minimum atomic E-state index is 1.03. The van der Waals surface area contributed by atoms with Crippen molar-refractivity contribution in [3.05, 3.63) is 34.9 Å². The van der Waals surface area contributed by atoms with E-state index in [1.165, 1.54) is 87.3 Å². The Balaban J connectivity index is 2.26. The van der Waals surface area contributed by atoms with Gasteiger partial charge in [0.05, 0.1) is 0 Å². The van der Waals surface area contributed by atoms with Crippen LogP contribution in [-0.2, 0) is 12.8 Å². The lowest BCUT2D eigenvalue weighted by Crippen LogP contribution is -2.04. The SMILES string of the molecule is CCCCCCCCCCCCc1ccc(C=[N+](C)C)c(CCBr)c1. The first-order valence-electron chi connectivity index (χ1n) is 10.4. The molecule has 0 aliphatic heterocycles. The van der Waals surface area contributed by atoms with Crippen LogP contribution in [0.2, 0.25) is 0 Å². The van der Waals surface area contributed by atoms with Gasteiger partial charge < -0.3 is 0 Å². The maximum Gasteiger partial charge on any atom is 0.170 e. The molecule has 0 aliphatic carbocycles. The molecule has 0 amide bonds. The van der Waals surface area contributed by atoms with Crippen molar-refractivity contribution in [2.75, 3.05) is 19.4 Å². The molecule has 0 bridgehead atoms. The van der Waals surface area contributed by atoms with Crippen molar-refractivity contribution < 1.29 is 4.58 Å². The average molecular weight is 409 g/mol. The highest BCUT2D eigenvalue weighted by molar-refractivity contribution is 9.09. The van der Waals surface area contributed by atoms with Crippen molar-refractivity contribution in [1.29, 1.82) is 0 Å². The number of unbranched alkanes of at least 4 members (excludes halogenated alkanes) is 9. The van der Waals surface area contributed by atoms with Gasteiger partial charge >= 0.3 is 0 Å². The molecule has 0 unspecified atom stereocenters. The fourth-order valence-electron chi connectivity index (χ4n) is 3.35. The van der Waals surface area contributed by atoms with E-state index in [4.69, 9.17) is 0 Å². The Kier molecular flexibility index (Phi) is 13.0. The number of hydrogen-bond donors (Lipinski definition) is 0. The highest BCUT2D eigenvalue weighted by Gasteiger charge is 2.05. The molecule has 25 heavy (non-hydrogen) atoms. The zero-order chi connectivity index (χ0) is 18.3. The molecule has 0 radical (unpaired) electrons. The highest BCUT2D eigenvalue weighted by atomic mass is 79.9. The number of aryl methyl sites for hydroxylation is 2. The standard InChI is InChI=1S/C23H39BrN/c1-4-5-6-7-8-9-10-11-12-13-14-21-15-16-23(20-25(2)3)22(19-21)17-18-24/h15-16,19-20H,4-14,17-18H2,1-3H3/q+1. The second kappa shape index (κ2) is 14.5. The molecule has 0 N–H and O–H groups in total. The zero-order valence-corrected chi connectivity index (χ0v) is 18.4. The van der Waals surface area contributed by atoms with Crippen molar-refractivity contribution >= 4 is 22.1 Å². The quantitative estimate of drug-likeness (QED) is 0.138. The van der Waals surface area contributed by atoms with Gasteiger partial charge in [-0.15, -0.1) is 0 Å². The van der Waals surface area contributed by atoms with Crippen molar-refractivity contribution in [2.24, 2.45) is 0 Å². The van der Waals surface area contributed by atoms with Gasteiger partial charge in [-0.25, -0.2) is 4.58 Å². The van der Waals surface area contributed by atoms with E-state index in [-0.39, 0.29) is 0 Å². The van der Waals surface area contributed by atoms with E-state index < -0.39 is 0 Å². The molecular formula is C23H39BrN+. The largest absolute Gasteiger partial charge is 0.241 e. The number of benzene rings is 1. The minimum absolute atomic E-state index is 1.03. The van der Waals surface area contributed by atoms with Crippen LogP contribution >= 0.6 is 15.9 Å². The van der Waals surface area contributed by atoms with Gasteiger partial charge in [0.1, 0.15) is 14.1 Å². The minimum Gasteiger partial charge on any atom is -0.241 e. The summed E-state index contributed by atoms with van der Waals surface area (Å²) in [6.07, 6.45) is 18.7. The van der Waals surface area contributed by atoms with E-state index in [1.54, 1.807) is 0 Å². The van der Waals surface area contributed by atoms with Crippen molar-refractivity contribution in [3.8, 4) is 0 Å². The van der Waals surface area contributed by atoms with Gasteiger partial charge in [-0.2, -0.15) is 0 Å². The third-order valence-electron chi connectivity index (χ3n) is 4.79. The Labute approximate surface area is 165 Å². The van der Waals surface area contributed by atoms with E-state index in [1.807, 2.05) is 0 Å². The van der Waals surface area contributed by atoms with Crippen LogP contribution in [0, 0.1) is 0 Å². The second-order valence-corrected chi connectivity index (χ2v) is 8.29. The fraction of sp³-hybridized carbons (Fsp3) is 0.696. The number of hydrogen-bond acceptors (Lipinski definition) is 0. The lowest BCUT2D eigenvalue weighted by atomic mass is 9.98. The summed E-state index contributed by atoms with van der Waals surface area (Å²) in [6.45, 7) is 2.29. The van der Waals surface area contributed by atoms with Gasteiger partial charge in [0.25, 0.3) is 0 Å². The van der Waals surface area contributed by atoms with E-state index in [0.29, 0.717) is 0 Å². The highest BCUT2D eigenvalue weighted by Crippen LogP contribution is 2.16. The molecule has 0 aliphatic rings. The second-order valence-electron chi connectivity index (χ2n) is 7.50. The van der Waals surface area contributed by atoms with Crippen LogP contribution in [0.4, 0.5) is 0 Å². The molecule has 0 saturated carbocycles. The molecule has 0 spiro atoms. The van der Waals surface area contributed by atoms with Gasteiger partial charge in [-0.3, -0.25) is 0 Å². The number of nitrogens with zero attached hydrogens (tertiary/aromatic N) is 1. The van der Waals surface area contributed by atoms with Gasteiger partial charge in [0.2, 0.25) is 0 Å². The van der Waals surface area contributed by atoms with Crippen LogP contribution in [-0.4, -0.2) is 30.2 Å². The number of rotatable bonds is 14. The van der Waals surface area contributed by atoms with Crippen molar-refractivity contribution in [3.63, 3.8) is 0 Å². The Morgan fingerprint density at radius 3 is 2.00 bits per heavy atom. The van der Waals surface area contributed by atoms with Gasteiger partial charge in [-0.05, 0) is 36.5 Å². The summed E-state index contributed by atoms with van der Waals surface area (Å²) in [7, 11) is 4.19. The van der Waals surface area contributed by atoms with Crippen LogP contribution in [0.3, 0.4) is 0 Å². The van der Waals surface area contributed by atoms with Crippen LogP contribution < -0.4 is 0 Å². The summed E-state index contributed by atoms with van der Waals surface area (Å²) in [5.74, 6) is 0. The predicted molar refractivity (Wildman–Crippen MR) is 117 cm³/mol. The third kappa shape index (κ3) is 10.8. The molecule has 0 fully saturated rings. The topological polar surface area (TPSA) is 3.01 Å². The molecule has 1 rings (SSSR count). The summed E-state index contributed by atoms with van der Waals surface area (Å²) in [5.41, 5.74) is 4.33. The van der Waals surface area contributed by atoms with E-state index in [0.717, 1.165) is 11.8 Å². The van der Waals surface area contributed by atoms with Crippen LogP contribution in [0.15, 0.2) is 18.2 Å². The summed E-state index contributed by atoms with van der Waals surface area (Å²) in [6, 6.07) is 7.04. The Hall–Kier alpha value is -0.630. The molecule has 1 aromatic rings. The van der Waals surface area contributed by atoms with Crippen molar-refractivity contribution in [2.45, 2.75) is 84.0 Å². The number of alkyl halides is 1. The molecule has 142 valence electrons. The molecule has 0 aromatic heterocycles. The smallest absolute Gasteiger partial charge is 0.170 e. The first-order valence-corrected chi connectivity index (χ1v) is 11.5. The molecule has 1 nitrogen and oxygen atoms in total. The van der Waals surface area contributed by atoms with Crippen LogP contribution in [0.5, 0.6) is 0 Å². The van der Waals surface area contributed by atoms with Crippen LogP contribution in [0.25, 0.3) is 0 Å². The first kappa shape index (κ1) is 22.4. The fourth-order valence-corrected chi connectivity index (χ4v) is 3.78. The maximum atomic E-state index is 3.59. The summed E-state index contributed by atoms with van der Waals surface area (Å²) >= 11 is 3.59. The Morgan fingerprint density at radius 2 is 1.44 bits per heavy atom. The summed E-state index contributed by atoms with van der Waals surface area (Å²) in [5, 5.41) is 1.03. The van der Waals surface area contributed by atoms with Gasteiger partial charge in [-0.1, -0.05) is 92.8 Å². The monoisotopic (exact) mass is 408 g/mol. The predicted octanol–water partition coefficient (Wildman–Crippen LogP) is 6.78. The average Bonchev–Trinajstić information content (AvgIpc) is 2.58. The van der Waals surface area contributed by atoms with Gasteiger partial charge in [0, 0.05) is 10.9 Å². The van der Waals surface area contributed by atoms with E-state index in [9.17, 15) is 0 Å². The molecule has 0 heterocycles. The lowest BCUT2D eigenvalue weighted by Gasteiger charge is -2.08. The molecule has 1 aromatic carbocycles. The molecular weight excluding hydrogens is 370 g/mol. The Morgan fingerprint density at radius 1 is 0.840 bits per heavy atom. The Bertz CT molecular complexity index is 489.